The van der Waals surface area contributed by atoms with E-state index in [9.17, 15) is 8.42 Å². The number of likely N-dealkylation sites (tertiary alicyclic amines) is 1. The molecule has 140 valence electrons. The molecule has 1 aromatic carbocycles. The molecule has 0 radical (unpaired) electrons. The van der Waals surface area contributed by atoms with Gasteiger partial charge in [0.1, 0.15) is 5.75 Å². The Bertz CT molecular complexity index is 634. The van der Waals surface area contributed by atoms with Gasteiger partial charge in [-0.05, 0) is 69.0 Å². The number of rotatable bonds is 6. The molecule has 2 aliphatic heterocycles. The van der Waals surface area contributed by atoms with Crippen LogP contribution < -0.4 is 9.46 Å². The Labute approximate surface area is 150 Å². The van der Waals surface area contributed by atoms with Crippen LogP contribution in [0.1, 0.15) is 25.7 Å². The van der Waals surface area contributed by atoms with E-state index in [1.807, 2.05) is 0 Å². The van der Waals surface area contributed by atoms with Crippen LogP contribution in [0.2, 0.25) is 0 Å². The number of methoxy groups -OCH3 is 1. The summed E-state index contributed by atoms with van der Waals surface area (Å²) in [6.07, 6.45) is 4.33. The molecule has 1 N–H and O–H groups in total. The van der Waals surface area contributed by atoms with E-state index in [1.165, 1.54) is 0 Å². The quantitative estimate of drug-likeness (QED) is 0.830. The summed E-state index contributed by atoms with van der Waals surface area (Å²) in [7, 11) is -1.89. The summed E-state index contributed by atoms with van der Waals surface area (Å²) >= 11 is 0. The molecule has 2 heterocycles. The van der Waals surface area contributed by atoms with Crippen molar-refractivity contribution in [3.05, 3.63) is 24.3 Å². The zero-order valence-electron chi connectivity index (χ0n) is 14.8. The maximum Gasteiger partial charge on any atom is 0.240 e. The molecule has 0 unspecified atom stereocenters. The van der Waals surface area contributed by atoms with Crippen molar-refractivity contribution in [2.24, 2.45) is 5.92 Å². The Kier molecular flexibility index (Phi) is 6.33. The molecule has 0 saturated carbocycles. The predicted octanol–water partition coefficient (Wildman–Crippen LogP) is 1.86. The first-order valence-corrected chi connectivity index (χ1v) is 10.5. The lowest BCUT2D eigenvalue weighted by Crippen LogP contribution is -2.45. The molecule has 25 heavy (non-hydrogen) atoms. The van der Waals surface area contributed by atoms with Crippen molar-refractivity contribution in [3.63, 3.8) is 0 Å². The lowest BCUT2D eigenvalue weighted by molar-refractivity contribution is 0.0214. The fourth-order valence-electron chi connectivity index (χ4n) is 3.64. The smallest absolute Gasteiger partial charge is 0.240 e. The number of ether oxygens (including phenoxy) is 2. The number of hydrogen-bond acceptors (Lipinski definition) is 5. The molecule has 2 saturated heterocycles. The molecule has 2 aliphatic rings. The van der Waals surface area contributed by atoms with E-state index in [-0.39, 0.29) is 4.90 Å². The predicted molar refractivity (Wildman–Crippen MR) is 96.3 cm³/mol. The van der Waals surface area contributed by atoms with Gasteiger partial charge in [0, 0.05) is 25.8 Å². The van der Waals surface area contributed by atoms with Crippen molar-refractivity contribution in [2.45, 2.75) is 36.6 Å². The topological polar surface area (TPSA) is 67.9 Å². The Balaban J connectivity index is 1.47. The maximum absolute atomic E-state index is 12.4. The molecular weight excluding hydrogens is 340 g/mol. The van der Waals surface area contributed by atoms with Crippen LogP contribution in [0.15, 0.2) is 29.2 Å². The van der Waals surface area contributed by atoms with Crippen molar-refractivity contribution >= 4 is 10.0 Å². The van der Waals surface area contributed by atoms with Crippen molar-refractivity contribution in [2.75, 3.05) is 40.0 Å². The molecule has 0 bridgehead atoms. The molecule has 0 aliphatic carbocycles. The first-order chi connectivity index (χ1) is 12.1. The molecule has 7 heteroatoms. The molecule has 1 aromatic rings. The van der Waals surface area contributed by atoms with Gasteiger partial charge in [-0.15, -0.1) is 0 Å². The summed E-state index contributed by atoms with van der Waals surface area (Å²) in [5.41, 5.74) is 0. The third-order valence-electron chi connectivity index (χ3n) is 5.29. The minimum Gasteiger partial charge on any atom is -0.497 e. The van der Waals surface area contributed by atoms with Crippen LogP contribution in [-0.4, -0.2) is 59.3 Å². The SMILES string of the molecule is COc1ccc(S(=O)(=O)NCC2CCN(C3CCOCC3)CC2)cc1. The van der Waals surface area contributed by atoms with Crippen LogP contribution in [0.25, 0.3) is 0 Å². The van der Waals surface area contributed by atoms with Crippen LogP contribution >= 0.6 is 0 Å². The lowest BCUT2D eigenvalue weighted by atomic mass is 9.94. The van der Waals surface area contributed by atoms with Crippen molar-refractivity contribution in [1.82, 2.24) is 9.62 Å². The molecular formula is C18H28N2O4S. The summed E-state index contributed by atoms with van der Waals surface area (Å²) in [5.74, 6) is 1.06. The van der Waals surface area contributed by atoms with Gasteiger partial charge in [-0.2, -0.15) is 0 Å². The Morgan fingerprint density at radius 2 is 1.76 bits per heavy atom. The molecule has 2 fully saturated rings. The normalized spacial score (nSPS) is 21.3. The standard InChI is InChI=1S/C18H28N2O4S/c1-23-17-2-4-18(5-3-17)25(21,22)19-14-15-6-10-20(11-7-15)16-8-12-24-13-9-16/h2-5,15-16,19H,6-14H2,1H3. The van der Waals surface area contributed by atoms with Gasteiger partial charge in [0.15, 0.2) is 0 Å². The van der Waals surface area contributed by atoms with Crippen LogP contribution in [0.4, 0.5) is 0 Å². The monoisotopic (exact) mass is 368 g/mol. The van der Waals surface area contributed by atoms with Crippen LogP contribution in [0.3, 0.4) is 0 Å². The highest BCUT2D eigenvalue weighted by atomic mass is 32.2. The zero-order valence-corrected chi connectivity index (χ0v) is 15.6. The highest BCUT2D eigenvalue weighted by Gasteiger charge is 2.27. The van der Waals surface area contributed by atoms with Crippen molar-refractivity contribution in [1.29, 1.82) is 0 Å². The maximum atomic E-state index is 12.4. The molecule has 3 rings (SSSR count). The molecule has 0 spiro atoms. The van der Waals surface area contributed by atoms with E-state index in [4.69, 9.17) is 9.47 Å². The highest BCUT2D eigenvalue weighted by molar-refractivity contribution is 7.89. The fraction of sp³-hybridized carbons (Fsp3) is 0.667. The van der Waals surface area contributed by atoms with Crippen LogP contribution in [0, 0.1) is 5.92 Å². The van der Waals surface area contributed by atoms with Gasteiger partial charge < -0.3 is 14.4 Å². The first-order valence-electron chi connectivity index (χ1n) is 9.04. The minimum atomic E-state index is -3.45. The van der Waals surface area contributed by atoms with E-state index in [0.717, 1.165) is 52.0 Å². The van der Waals surface area contributed by atoms with E-state index in [1.54, 1.807) is 31.4 Å². The zero-order chi connectivity index (χ0) is 17.7. The third kappa shape index (κ3) is 4.94. The van der Waals surface area contributed by atoms with Gasteiger partial charge in [0.2, 0.25) is 10.0 Å². The highest BCUT2D eigenvalue weighted by Crippen LogP contribution is 2.23. The Morgan fingerprint density at radius 1 is 1.12 bits per heavy atom. The van der Waals surface area contributed by atoms with E-state index >= 15 is 0 Å². The molecule has 0 atom stereocenters. The number of piperidine rings is 1. The van der Waals surface area contributed by atoms with Gasteiger partial charge >= 0.3 is 0 Å². The number of benzene rings is 1. The minimum absolute atomic E-state index is 0.285. The molecule has 6 nitrogen and oxygen atoms in total. The fourth-order valence-corrected chi connectivity index (χ4v) is 4.75. The number of sulfonamides is 1. The summed E-state index contributed by atoms with van der Waals surface area (Å²) in [5, 5.41) is 0. The average Bonchev–Trinajstić information content (AvgIpc) is 2.67. The second kappa shape index (κ2) is 8.49. The largest absolute Gasteiger partial charge is 0.497 e. The van der Waals surface area contributed by atoms with Gasteiger partial charge in [-0.1, -0.05) is 0 Å². The summed E-state index contributed by atoms with van der Waals surface area (Å²) < 4.78 is 38.1. The van der Waals surface area contributed by atoms with Gasteiger partial charge in [0.05, 0.1) is 12.0 Å². The molecule has 0 aromatic heterocycles. The van der Waals surface area contributed by atoms with Crippen molar-refractivity contribution in [3.8, 4) is 5.75 Å². The third-order valence-corrected chi connectivity index (χ3v) is 6.73. The summed E-state index contributed by atoms with van der Waals surface area (Å²) in [6.45, 7) is 4.35. The van der Waals surface area contributed by atoms with Crippen LogP contribution in [0.5, 0.6) is 5.75 Å². The first kappa shape index (κ1) is 18.6. The Hall–Kier alpha value is -1.15. The molecule has 0 amide bonds. The lowest BCUT2D eigenvalue weighted by Gasteiger charge is -2.39. The van der Waals surface area contributed by atoms with E-state index in [0.29, 0.717) is 24.3 Å². The second-order valence-corrected chi connectivity index (χ2v) is 8.62. The van der Waals surface area contributed by atoms with Gasteiger partial charge in [0.25, 0.3) is 0 Å². The summed E-state index contributed by atoms with van der Waals surface area (Å²) in [6, 6.07) is 7.14. The van der Waals surface area contributed by atoms with Crippen molar-refractivity contribution < 1.29 is 17.9 Å². The average molecular weight is 368 g/mol. The van der Waals surface area contributed by atoms with Gasteiger partial charge in [-0.3, -0.25) is 0 Å². The van der Waals surface area contributed by atoms with Gasteiger partial charge in [-0.25, -0.2) is 13.1 Å². The van der Waals surface area contributed by atoms with Crippen LogP contribution in [-0.2, 0) is 14.8 Å². The number of nitrogens with one attached hydrogen (secondary N) is 1. The van der Waals surface area contributed by atoms with E-state index in [2.05, 4.69) is 9.62 Å². The second-order valence-electron chi connectivity index (χ2n) is 6.85. The number of hydrogen-bond donors (Lipinski definition) is 1. The summed E-state index contributed by atoms with van der Waals surface area (Å²) in [4.78, 5) is 2.84. The van der Waals surface area contributed by atoms with E-state index < -0.39 is 10.0 Å². The Morgan fingerprint density at radius 3 is 2.36 bits per heavy atom. The number of nitrogens with zero attached hydrogens (tertiary/aromatic N) is 1.